The predicted molar refractivity (Wildman–Crippen MR) is 80.4 cm³/mol. The first kappa shape index (κ1) is 17.9. The lowest BCUT2D eigenvalue weighted by Crippen LogP contribution is -2.29. The van der Waals surface area contributed by atoms with E-state index in [4.69, 9.17) is 11.6 Å². The van der Waals surface area contributed by atoms with Gasteiger partial charge in [0.15, 0.2) is 5.75 Å². The van der Waals surface area contributed by atoms with Crippen molar-refractivity contribution >= 4 is 23.3 Å². The summed E-state index contributed by atoms with van der Waals surface area (Å²) in [5, 5.41) is 4.75. The van der Waals surface area contributed by atoms with Gasteiger partial charge in [-0.05, 0) is 24.3 Å². The van der Waals surface area contributed by atoms with E-state index in [1.807, 2.05) is 0 Å². The topological polar surface area (TPSA) is 50.4 Å². The average molecular weight is 363 g/mol. The van der Waals surface area contributed by atoms with Crippen LogP contribution in [0.1, 0.15) is 5.56 Å². The summed E-state index contributed by atoms with van der Waals surface area (Å²) in [5.41, 5.74) is -0.00159. The Morgan fingerprint density at radius 2 is 1.88 bits per heavy atom. The molecule has 0 unspecified atom stereocenters. The number of hydrogen-bond donors (Lipinski definition) is 2. The van der Waals surface area contributed by atoms with Gasteiger partial charge in [0.2, 0.25) is 0 Å². The number of carbonyl (C=O) groups excluding carboxylic acids is 1. The van der Waals surface area contributed by atoms with Crippen LogP contribution in [0.25, 0.3) is 0 Å². The predicted octanol–water partition coefficient (Wildman–Crippen LogP) is 4.70. The maximum atomic E-state index is 13.6. The lowest BCUT2D eigenvalue weighted by atomic mass is 10.2. The van der Waals surface area contributed by atoms with Gasteiger partial charge in [0.1, 0.15) is 5.82 Å². The zero-order chi connectivity index (χ0) is 17.7. The van der Waals surface area contributed by atoms with E-state index in [-0.39, 0.29) is 22.8 Å². The fourth-order valence-electron chi connectivity index (χ4n) is 1.79. The molecule has 0 aliphatic heterocycles. The van der Waals surface area contributed by atoms with E-state index in [2.05, 4.69) is 15.4 Å². The lowest BCUT2D eigenvalue weighted by Gasteiger charge is -2.14. The number of alkyl halides is 3. The van der Waals surface area contributed by atoms with Gasteiger partial charge in [-0.3, -0.25) is 0 Å². The Hall–Kier alpha value is -2.48. The van der Waals surface area contributed by atoms with Crippen LogP contribution in [-0.4, -0.2) is 12.4 Å². The molecule has 0 heterocycles. The third kappa shape index (κ3) is 5.31. The number of urea groups is 1. The van der Waals surface area contributed by atoms with Crippen molar-refractivity contribution in [1.29, 1.82) is 0 Å². The number of amides is 2. The number of carbonyl (C=O) groups is 1. The van der Waals surface area contributed by atoms with Gasteiger partial charge in [-0.15, -0.1) is 13.2 Å². The van der Waals surface area contributed by atoms with E-state index in [9.17, 15) is 22.4 Å². The fourth-order valence-corrected chi connectivity index (χ4v) is 1.95. The third-order valence-electron chi connectivity index (χ3n) is 2.82. The highest BCUT2D eigenvalue weighted by atomic mass is 35.5. The third-order valence-corrected chi connectivity index (χ3v) is 3.05. The Balaban J connectivity index is 2.00. The number of benzene rings is 2. The summed E-state index contributed by atoms with van der Waals surface area (Å²) in [6.07, 6.45) is -4.89. The van der Waals surface area contributed by atoms with Crippen LogP contribution in [-0.2, 0) is 6.54 Å². The highest BCUT2D eigenvalue weighted by Crippen LogP contribution is 2.29. The van der Waals surface area contributed by atoms with Gasteiger partial charge in [0, 0.05) is 17.1 Å². The summed E-state index contributed by atoms with van der Waals surface area (Å²) in [5.74, 6) is -1.17. The first-order valence-corrected chi connectivity index (χ1v) is 6.96. The molecule has 0 aromatic heterocycles. The summed E-state index contributed by atoms with van der Waals surface area (Å²) in [6.45, 7) is -0.170. The maximum absolute atomic E-state index is 13.6. The molecule has 0 fully saturated rings. The molecule has 0 spiro atoms. The summed E-state index contributed by atoms with van der Waals surface area (Å²) >= 11 is 5.61. The van der Waals surface area contributed by atoms with E-state index >= 15 is 0 Å². The fraction of sp³-hybridized carbons (Fsp3) is 0.133. The van der Waals surface area contributed by atoms with Crippen LogP contribution in [0.2, 0.25) is 5.02 Å². The summed E-state index contributed by atoms with van der Waals surface area (Å²) < 4.78 is 54.3. The second-order valence-corrected chi connectivity index (χ2v) is 5.02. The van der Waals surface area contributed by atoms with E-state index < -0.39 is 24.0 Å². The number of rotatable bonds is 4. The van der Waals surface area contributed by atoms with Crippen LogP contribution >= 0.6 is 11.6 Å². The SMILES string of the molecule is O=C(NCc1ccc(Cl)cc1F)Nc1ccccc1OC(F)(F)F. The molecule has 0 atom stereocenters. The molecule has 9 heteroatoms. The first-order chi connectivity index (χ1) is 11.2. The van der Waals surface area contributed by atoms with Crippen molar-refractivity contribution < 1.29 is 27.1 Å². The maximum Gasteiger partial charge on any atom is 0.573 e. The van der Waals surface area contributed by atoms with Crippen LogP contribution in [0.5, 0.6) is 5.75 Å². The molecule has 0 bridgehead atoms. The quantitative estimate of drug-likeness (QED) is 0.775. The van der Waals surface area contributed by atoms with Gasteiger partial charge >= 0.3 is 12.4 Å². The van der Waals surface area contributed by atoms with Crippen molar-refractivity contribution in [2.75, 3.05) is 5.32 Å². The molecule has 0 radical (unpaired) electrons. The van der Waals surface area contributed by atoms with Crippen molar-refractivity contribution in [2.45, 2.75) is 12.9 Å². The van der Waals surface area contributed by atoms with Gasteiger partial charge in [-0.25, -0.2) is 9.18 Å². The van der Waals surface area contributed by atoms with E-state index in [1.165, 1.54) is 30.3 Å². The van der Waals surface area contributed by atoms with Crippen LogP contribution < -0.4 is 15.4 Å². The Morgan fingerprint density at radius 3 is 2.54 bits per heavy atom. The average Bonchev–Trinajstić information content (AvgIpc) is 2.47. The summed E-state index contributed by atoms with van der Waals surface area (Å²) in [7, 11) is 0. The lowest BCUT2D eigenvalue weighted by molar-refractivity contribution is -0.274. The van der Waals surface area contributed by atoms with Gasteiger partial charge in [-0.2, -0.15) is 0 Å². The van der Waals surface area contributed by atoms with Crippen molar-refractivity contribution in [3.8, 4) is 5.75 Å². The van der Waals surface area contributed by atoms with Gasteiger partial charge in [0.05, 0.1) is 5.69 Å². The zero-order valence-electron chi connectivity index (χ0n) is 12.0. The highest BCUT2D eigenvalue weighted by molar-refractivity contribution is 6.30. The molecular weight excluding hydrogens is 352 g/mol. The van der Waals surface area contributed by atoms with E-state index in [1.54, 1.807) is 0 Å². The van der Waals surface area contributed by atoms with Crippen LogP contribution in [0.3, 0.4) is 0 Å². The molecule has 0 saturated carbocycles. The monoisotopic (exact) mass is 362 g/mol. The molecule has 2 rings (SSSR count). The van der Waals surface area contributed by atoms with Crippen LogP contribution in [0.4, 0.5) is 28.0 Å². The number of anilines is 1. The second-order valence-electron chi connectivity index (χ2n) is 4.59. The van der Waals surface area contributed by atoms with E-state index in [0.29, 0.717) is 0 Å². The van der Waals surface area contributed by atoms with Crippen molar-refractivity contribution in [3.05, 3.63) is 58.9 Å². The molecule has 2 aromatic carbocycles. The second kappa shape index (κ2) is 7.39. The smallest absolute Gasteiger partial charge is 0.404 e. The number of para-hydroxylation sites is 2. The Bertz CT molecular complexity index is 738. The van der Waals surface area contributed by atoms with Crippen LogP contribution in [0, 0.1) is 5.82 Å². The van der Waals surface area contributed by atoms with Crippen molar-refractivity contribution in [3.63, 3.8) is 0 Å². The number of hydrogen-bond acceptors (Lipinski definition) is 2. The molecule has 2 aromatic rings. The first-order valence-electron chi connectivity index (χ1n) is 6.58. The standard InChI is InChI=1S/C15H11ClF4N2O2/c16-10-6-5-9(11(17)7-10)8-21-14(23)22-12-3-1-2-4-13(12)24-15(18,19)20/h1-7H,8H2,(H2,21,22,23). The molecule has 4 nitrogen and oxygen atoms in total. The van der Waals surface area contributed by atoms with Crippen molar-refractivity contribution in [2.24, 2.45) is 0 Å². The number of halogens is 5. The van der Waals surface area contributed by atoms with Gasteiger partial charge < -0.3 is 15.4 Å². The van der Waals surface area contributed by atoms with Gasteiger partial charge in [-0.1, -0.05) is 29.8 Å². The van der Waals surface area contributed by atoms with Crippen LogP contribution in [0.15, 0.2) is 42.5 Å². The van der Waals surface area contributed by atoms with Crippen molar-refractivity contribution in [1.82, 2.24) is 5.32 Å². The molecule has 128 valence electrons. The number of nitrogens with one attached hydrogen (secondary N) is 2. The minimum atomic E-state index is -4.89. The normalized spacial score (nSPS) is 11.0. The molecule has 0 aliphatic carbocycles. The largest absolute Gasteiger partial charge is 0.573 e. The minimum absolute atomic E-state index is 0.170. The van der Waals surface area contributed by atoms with E-state index in [0.717, 1.165) is 12.1 Å². The molecule has 0 saturated heterocycles. The zero-order valence-corrected chi connectivity index (χ0v) is 12.7. The Morgan fingerprint density at radius 1 is 1.17 bits per heavy atom. The minimum Gasteiger partial charge on any atom is -0.404 e. The summed E-state index contributed by atoms with van der Waals surface area (Å²) in [6, 6.07) is 8.16. The molecule has 24 heavy (non-hydrogen) atoms. The summed E-state index contributed by atoms with van der Waals surface area (Å²) in [4.78, 5) is 11.8. The van der Waals surface area contributed by atoms with Gasteiger partial charge in [0.25, 0.3) is 0 Å². The number of ether oxygens (including phenoxy) is 1. The highest BCUT2D eigenvalue weighted by Gasteiger charge is 2.32. The Labute approximate surface area is 139 Å². The molecular formula is C15H11ClF4N2O2. The molecule has 2 amide bonds. The molecule has 0 aliphatic rings. The molecule has 2 N–H and O–H groups in total. The Kier molecular flexibility index (Phi) is 5.50.